The highest BCUT2D eigenvalue weighted by Crippen LogP contribution is 2.25. The molecule has 0 saturated carbocycles. The third-order valence-corrected chi connectivity index (χ3v) is 7.24. The molecule has 1 heterocycles. The lowest BCUT2D eigenvalue weighted by molar-refractivity contribution is -0.385. The molecule has 10 heteroatoms. The molecule has 0 aliphatic carbocycles. The lowest BCUT2D eigenvalue weighted by Crippen LogP contribution is -2.50. The Hall–Kier alpha value is -2.82. The second kappa shape index (κ2) is 9.13. The quantitative estimate of drug-likeness (QED) is 0.539. The molecule has 0 aromatic heterocycles. The van der Waals surface area contributed by atoms with E-state index in [-0.39, 0.29) is 36.1 Å². The second-order valence-electron chi connectivity index (χ2n) is 7.81. The van der Waals surface area contributed by atoms with Crippen LogP contribution in [0, 0.1) is 30.9 Å². The number of hydrogen-bond donors (Lipinski definition) is 1. The SMILES string of the molecule is Cc1cc(C)cc(NC(=O)CN2CCN(S(=O)(=O)c3cc([N+](=O)[O-])ccc3C)CC2)c1. The molecule has 1 aliphatic rings. The van der Waals surface area contributed by atoms with Crippen LogP contribution < -0.4 is 5.32 Å². The van der Waals surface area contributed by atoms with Gasteiger partial charge in [0.2, 0.25) is 15.9 Å². The number of carbonyl (C=O) groups is 1. The van der Waals surface area contributed by atoms with Crippen LogP contribution in [0.15, 0.2) is 41.3 Å². The van der Waals surface area contributed by atoms with Crippen molar-refractivity contribution < 1.29 is 18.1 Å². The fourth-order valence-corrected chi connectivity index (χ4v) is 5.36. The van der Waals surface area contributed by atoms with E-state index >= 15 is 0 Å². The molecule has 1 N–H and O–H groups in total. The first-order valence-corrected chi connectivity index (χ1v) is 11.4. The number of non-ortho nitro benzene ring substituents is 1. The van der Waals surface area contributed by atoms with Crippen molar-refractivity contribution in [3.8, 4) is 0 Å². The first kappa shape index (κ1) is 22.9. The van der Waals surface area contributed by atoms with Crippen molar-refractivity contribution in [2.75, 3.05) is 38.0 Å². The van der Waals surface area contributed by atoms with Gasteiger partial charge >= 0.3 is 0 Å². The Morgan fingerprint density at radius 1 is 1.03 bits per heavy atom. The molecule has 3 rings (SSSR count). The van der Waals surface area contributed by atoms with Gasteiger partial charge in [0.05, 0.1) is 16.4 Å². The number of nitro benzene ring substituents is 1. The first-order chi connectivity index (χ1) is 14.6. The Labute approximate surface area is 181 Å². The van der Waals surface area contributed by atoms with Crippen LogP contribution >= 0.6 is 0 Å². The van der Waals surface area contributed by atoms with Gasteiger partial charge in [-0.2, -0.15) is 4.31 Å². The van der Waals surface area contributed by atoms with Gasteiger partial charge in [0, 0.05) is 44.0 Å². The molecule has 0 radical (unpaired) electrons. The monoisotopic (exact) mass is 446 g/mol. The highest BCUT2D eigenvalue weighted by Gasteiger charge is 2.31. The lowest BCUT2D eigenvalue weighted by atomic mass is 10.1. The molecular weight excluding hydrogens is 420 g/mol. The number of nitrogens with zero attached hydrogens (tertiary/aromatic N) is 3. The van der Waals surface area contributed by atoms with E-state index in [2.05, 4.69) is 5.32 Å². The van der Waals surface area contributed by atoms with Crippen molar-refractivity contribution >= 4 is 27.3 Å². The summed E-state index contributed by atoms with van der Waals surface area (Å²) in [6.07, 6.45) is 0. The van der Waals surface area contributed by atoms with Crippen LogP contribution in [-0.4, -0.2) is 61.2 Å². The molecule has 0 unspecified atom stereocenters. The van der Waals surface area contributed by atoms with Crippen molar-refractivity contribution in [3.05, 3.63) is 63.2 Å². The van der Waals surface area contributed by atoms with Gasteiger partial charge in [-0.1, -0.05) is 12.1 Å². The van der Waals surface area contributed by atoms with Crippen LogP contribution in [0.4, 0.5) is 11.4 Å². The molecule has 31 heavy (non-hydrogen) atoms. The summed E-state index contributed by atoms with van der Waals surface area (Å²) in [5.41, 5.74) is 3.06. The number of piperazine rings is 1. The largest absolute Gasteiger partial charge is 0.325 e. The second-order valence-corrected chi connectivity index (χ2v) is 9.72. The number of sulfonamides is 1. The van der Waals surface area contributed by atoms with Crippen molar-refractivity contribution in [3.63, 3.8) is 0 Å². The highest BCUT2D eigenvalue weighted by atomic mass is 32.2. The van der Waals surface area contributed by atoms with Crippen molar-refractivity contribution in [2.24, 2.45) is 0 Å². The minimum absolute atomic E-state index is 0.0530. The molecule has 1 amide bonds. The number of hydrogen-bond acceptors (Lipinski definition) is 6. The molecule has 0 spiro atoms. The smallest absolute Gasteiger partial charge is 0.270 e. The van der Waals surface area contributed by atoms with Gasteiger partial charge in [-0.3, -0.25) is 19.8 Å². The van der Waals surface area contributed by atoms with E-state index in [1.807, 2.05) is 36.9 Å². The summed E-state index contributed by atoms with van der Waals surface area (Å²) < 4.78 is 27.4. The zero-order valence-corrected chi connectivity index (χ0v) is 18.6. The van der Waals surface area contributed by atoms with E-state index < -0.39 is 14.9 Å². The molecule has 0 bridgehead atoms. The summed E-state index contributed by atoms with van der Waals surface area (Å²) in [5.74, 6) is -0.157. The van der Waals surface area contributed by atoms with E-state index in [9.17, 15) is 23.3 Å². The van der Waals surface area contributed by atoms with Crippen LogP contribution in [0.1, 0.15) is 16.7 Å². The average molecular weight is 447 g/mol. The maximum Gasteiger partial charge on any atom is 0.270 e. The van der Waals surface area contributed by atoms with E-state index in [4.69, 9.17) is 0 Å². The zero-order chi connectivity index (χ0) is 22.8. The molecule has 1 fully saturated rings. The summed E-state index contributed by atoms with van der Waals surface area (Å²) in [5, 5.41) is 13.9. The van der Waals surface area contributed by atoms with Crippen molar-refractivity contribution in [1.29, 1.82) is 0 Å². The van der Waals surface area contributed by atoms with Gasteiger partial charge < -0.3 is 5.32 Å². The van der Waals surface area contributed by atoms with Crippen molar-refractivity contribution in [2.45, 2.75) is 25.7 Å². The number of nitro groups is 1. The molecule has 2 aromatic carbocycles. The fourth-order valence-electron chi connectivity index (χ4n) is 3.70. The maximum absolute atomic E-state index is 13.0. The third-order valence-electron chi connectivity index (χ3n) is 5.20. The number of carbonyl (C=O) groups excluding carboxylic acids is 1. The summed E-state index contributed by atoms with van der Waals surface area (Å²) in [6.45, 7) is 6.92. The van der Waals surface area contributed by atoms with Crippen LogP contribution in [0.3, 0.4) is 0 Å². The van der Waals surface area contributed by atoms with Gasteiger partial charge in [-0.15, -0.1) is 0 Å². The molecule has 9 nitrogen and oxygen atoms in total. The van der Waals surface area contributed by atoms with Gasteiger partial charge in [0.15, 0.2) is 0 Å². The number of rotatable bonds is 6. The first-order valence-electron chi connectivity index (χ1n) is 9.92. The summed E-state index contributed by atoms with van der Waals surface area (Å²) in [7, 11) is -3.86. The number of nitrogens with one attached hydrogen (secondary N) is 1. The zero-order valence-electron chi connectivity index (χ0n) is 17.8. The number of benzene rings is 2. The van der Waals surface area contributed by atoms with Gasteiger partial charge in [-0.05, 0) is 49.6 Å². The average Bonchev–Trinajstić information content (AvgIpc) is 2.67. The Morgan fingerprint density at radius 2 is 1.65 bits per heavy atom. The summed E-state index contributed by atoms with van der Waals surface area (Å²) in [6, 6.07) is 9.67. The Kier molecular flexibility index (Phi) is 6.73. The number of aryl methyl sites for hydroxylation is 3. The summed E-state index contributed by atoms with van der Waals surface area (Å²) >= 11 is 0. The van der Waals surface area contributed by atoms with Gasteiger partial charge in [0.25, 0.3) is 5.69 Å². The van der Waals surface area contributed by atoms with E-state index in [0.717, 1.165) is 22.9 Å². The van der Waals surface area contributed by atoms with Gasteiger partial charge in [0.1, 0.15) is 0 Å². The van der Waals surface area contributed by atoms with Crippen LogP contribution in [0.2, 0.25) is 0 Å². The number of amides is 1. The van der Waals surface area contributed by atoms with Gasteiger partial charge in [-0.25, -0.2) is 8.42 Å². The predicted octanol–water partition coefficient (Wildman–Crippen LogP) is 2.47. The fraction of sp³-hybridized carbons (Fsp3) is 0.381. The van der Waals surface area contributed by atoms with Crippen LogP contribution in [0.5, 0.6) is 0 Å². The molecule has 1 saturated heterocycles. The lowest BCUT2D eigenvalue weighted by Gasteiger charge is -2.33. The van der Waals surface area contributed by atoms with Crippen molar-refractivity contribution in [1.82, 2.24) is 9.21 Å². The van der Waals surface area contributed by atoms with E-state index in [0.29, 0.717) is 18.7 Å². The molecular formula is C21H26N4O5S. The molecule has 166 valence electrons. The minimum Gasteiger partial charge on any atom is -0.325 e. The Balaban J connectivity index is 1.62. The predicted molar refractivity (Wildman–Crippen MR) is 118 cm³/mol. The topological polar surface area (TPSA) is 113 Å². The molecule has 0 atom stereocenters. The Morgan fingerprint density at radius 3 is 2.23 bits per heavy atom. The molecule has 2 aromatic rings. The summed E-state index contributed by atoms with van der Waals surface area (Å²) in [4.78, 5) is 24.7. The Bertz CT molecular complexity index is 1090. The van der Waals surface area contributed by atoms with Crippen LogP contribution in [0.25, 0.3) is 0 Å². The van der Waals surface area contributed by atoms with E-state index in [1.54, 1.807) is 6.92 Å². The maximum atomic E-state index is 13.0. The third kappa shape index (κ3) is 5.46. The number of anilines is 1. The van der Waals surface area contributed by atoms with Crippen LogP contribution in [-0.2, 0) is 14.8 Å². The van der Waals surface area contributed by atoms with E-state index in [1.165, 1.54) is 16.4 Å². The standard InChI is InChI=1S/C21H26N4O5S/c1-15-10-16(2)12-18(11-15)22-21(26)14-23-6-8-24(9-7-23)31(29,30)20-13-19(25(27)28)5-4-17(20)3/h4-5,10-13H,6-9,14H2,1-3H3,(H,22,26). The molecule has 1 aliphatic heterocycles. The normalized spacial score (nSPS) is 15.6. The highest BCUT2D eigenvalue weighted by molar-refractivity contribution is 7.89. The minimum atomic E-state index is -3.86.